The van der Waals surface area contributed by atoms with Gasteiger partial charge in [-0.25, -0.2) is 5.06 Å². The number of nitrogens with zero attached hydrogens (tertiary/aromatic N) is 6. The molecule has 4 aromatic heterocycles. The fraction of sp³-hybridized carbons (Fsp3) is 0.257. The molecule has 0 bridgehead atoms. The number of fused-ring (bicyclic) bond motifs is 2. The largest absolute Gasteiger partial charge is 0.391 e. The van der Waals surface area contributed by atoms with Crippen molar-refractivity contribution in [1.82, 2.24) is 39.5 Å². The minimum absolute atomic E-state index is 0.0473. The molecule has 14 heteroatoms. The van der Waals surface area contributed by atoms with Crippen LogP contribution in [0.25, 0.3) is 21.8 Å². The Morgan fingerprint density at radius 2 is 1.37 bits per heavy atom. The van der Waals surface area contributed by atoms with Gasteiger partial charge in [0, 0.05) is 32.5 Å². The number of likely N-dealkylation sites (N-methyl/N-ethyl adjacent to an activating group) is 1. The van der Waals surface area contributed by atoms with E-state index >= 15 is 0 Å². The Morgan fingerprint density at radius 3 is 1.88 bits per heavy atom. The average molecular weight is 697 g/mol. The van der Waals surface area contributed by atoms with E-state index in [9.17, 15) is 14.7 Å². The molecule has 0 saturated carbocycles. The van der Waals surface area contributed by atoms with Crippen LogP contribution < -0.4 is 0 Å². The molecule has 7 rings (SSSR count). The summed E-state index contributed by atoms with van der Waals surface area (Å²) in [6.45, 7) is 1.02. The second kappa shape index (κ2) is 15.0. The Bertz CT molecular complexity index is 2180. The van der Waals surface area contributed by atoms with E-state index < -0.39 is 18.2 Å². The Kier molecular flexibility index (Phi) is 10.4. The number of likely N-dealkylation sites (tertiary alicyclic amines) is 1. The zero-order valence-electron chi connectivity index (χ0n) is 27.0. The highest BCUT2D eigenvalue weighted by Crippen LogP contribution is 2.27. The van der Waals surface area contributed by atoms with Gasteiger partial charge in [-0.1, -0.05) is 85.1 Å². The molecule has 1 aliphatic heterocycles. The Hall–Kier alpha value is -5.02. The normalized spacial score (nSPS) is 15.7. The number of aromatic amines is 2. The highest BCUT2D eigenvalue weighted by Gasteiger charge is 2.31. The van der Waals surface area contributed by atoms with Crippen LogP contribution in [0.4, 0.5) is 0 Å². The van der Waals surface area contributed by atoms with Crippen LogP contribution in [0.3, 0.4) is 0 Å². The fourth-order valence-corrected chi connectivity index (χ4v) is 6.68. The maximum Gasteiger partial charge on any atom is 0.273 e. The van der Waals surface area contributed by atoms with Crippen LogP contribution in [0.5, 0.6) is 0 Å². The summed E-state index contributed by atoms with van der Waals surface area (Å²) in [7, 11) is 3.04. The molecule has 2 amide bonds. The van der Waals surface area contributed by atoms with Gasteiger partial charge in [0.05, 0.1) is 47.4 Å². The monoisotopic (exact) mass is 696 g/mol. The van der Waals surface area contributed by atoms with Crippen LogP contribution in [-0.4, -0.2) is 89.8 Å². The van der Waals surface area contributed by atoms with Gasteiger partial charge in [-0.05, 0) is 36.1 Å². The van der Waals surface area contributed by atoms with Crippen LogP contribution in [0, 0.1) is 9.28 Å². The zero-order chi connectivity index (χ0) is 34.5. The van der Waals surface area contributed by atoms with E-state index in [1.54, 1.807) is 35.1 Å². The first-order chi connectivity index (χ1) is 23.8. The molecule has 0 spiro atoms. The molecule has 3 N–H and O–H groups in total. The molecule has 2 aromatic carbocycles. The van der Waals surface area contributed by atoms with Crippen LogP contribution >= 0.6 is 24.4 Å². The molecule has 0 aliphatic carbocycles. The summed E-state index contributed by atoms with van der Waals surface area (Å²) < 4.78 is 4.70. The number of rotatable bonds is 7. The molecule has 3 unspecified atom stereocenters. The third-order valence-corrected chi connectivity index (χ3v) is 9.48. The van der Waals surface area contributed by atoms with Crippen LogP contribution in [0.2, 0.25) is 0 Å². The number of hydroxylamine groups is 2. The summed E-state index contributed by atoms with van der Waals surface area (Å²) in [6, 6.07) is 21.7. The highest BCUT2D eigenvalue weighted by molar-refractivity contribution is 7.71. The van der Waals surface area contributed by atoms with E-state index in [1.165, 1.54) is 12.2 Å². The molecule has 3 atom stereocenters. The third-order valence-electron chi connectivity index (χ3n) is 8.62. The van der Waals surface area contributed by atoms with Gasteiger partial charge >= 0.3 is 0 Å². The molecule has 1 saturated heterocycles. The predicted molar refractivity (Wildman–Crippen MR) is 191 cm³/mol. The Balaban J connectivity index is 0.000000171. The predicted octanol–water partition coefficient (Wildman–Crippen LogP) is 5.37. The van der Waals surface area contributed by atoms with Crippen LogP contribution in [0.15, 0.2) is 97.6 Å². The van der Waals surface area contributed by atoms with Crippen LogP contribution in [0.1, 0.15) is 36.1 Å². The third kappa shape index (κ3) is 7.08. The van der Waals surface area contributed by atoms with E-state index in [2.05, 4.69) is 20.4 Å². The first kappa shape index (κ1) is 33.9. The van der Waals surface area contributed by atoms with E-state index in [-0.39, 0.29) is 11.8 Å². The van der Waals surface area contributed by atoms with E-state index in [0.29, 0.717) is 22.4 Å². The summed E-state index contributed by atoms with van der Waals surface area (Å²) in [5.74, 6) is -0.258. The van der Waals surface area contributed by atoms with Gasteiger partial charge in [-0.15, -0.1) is 0 Å². The quantitative estimate of drug-likeness (QED) is 0.150. The first-order valence-electron chi connectivity index (χ1n) is 15.7. The van der Waals surface area contributed by atoms with E-state index in [4.69, 9.17) is 29.3 Å². The maximum absolute atomic E-state index is 13.4. The van der Waals surface area contributed by atoms with Gasteiger partial charge in [0.25, 0.3) is 5.91 Å². The molecular formula is C35H36N8O4S2. The van der Waals surface area contributed by atoms with E-state index in [0.717, 1.165) is 45.8 Å². The van der Waals surface area contributed by atoms with Crippen molar-refractivity contribution in [2.45, 2.75) is 31.0 Å². The number of carbonyl (C=O) groups is 2. The number of aliphatic hydroxyl groups excluding tert-OH is 1. The summed E-state index contributed by atoms with van der Waals surface area (Å²) in [6.07, 6.45) is 8.06. The van der Waals surface area contributed by atoms with Gasteiger partial charge in [0.1, 0.15) is 21.4 Å². The SMILES string of the molecule is CON(C)C(=O)C(c1ccccc1)n1ccc2[nH]ncc2c1=S.O=C(C(c1ccccc1)n1ccc2[nH]ncc2c1=S)N1CCCC(O)C1. The molecule has 12 nitrogen and oxygen atoms in total. The molecule has 1 fully saturated rings. The topological polar surface area (TPSA) is 137 Å². The Morgan fingerprint density at radius 1 is 0.857 bits per heavy atom. The number of H-pyrrole nitrogens is 2. The van der Waals surface area contributed by atoms with Gasteiger partial charge in [-0.3, -0.25) is 24.6 Å². The number of β-amino-alcohol motifs (C(OH)–C–C–N with tert-alkyl or cyclic N) is 1. The standard InChI is InChI=1S/C19H20N4O2S.C16H16N4O2S/c24-14-7-4-9-22(12-14)18(25)17(13-5-2-1-3-6-13)23-10-8-16-15(19(23)26)11-20-21-16;1-19(22-2)15(21)14(11-6-4-3-5-7-11)20-9-8-13-12(16(20)23)10-17-18-13/h1-3,5-6,8,10-11,14,17,24H,4,7,9,12H2,(H,20,21);3-10,14H,1-2H3,(H,17,18). The second-order valence-corrected chi connectivity index (χ2v) is 12.4. The number of amides is 2. The highest BCUT2D eigenvalue weighted by atomic mass is 32.1. The Labute approximate surface area is 292 Å². The molecule has 252 valence electrons. The molecule has 1 aliphatic rings. The smallest absolute Gasteiger partial charge is 0.273 e. The van der Waals surface area contributed by atoms with Crippen LogP contribution in [-0.2, 0) is 14.4 Å². The van der Waals surface area contributed by atoms with Gasteiger partial charge < -0.3 is 19.1 Å². The molecular weight excluding hydrogens is 661 g/mol. The minimum Gasteiger partial charge on any atom is -0.391 e. The molecule has 49 heavy (non-hydrogen) atoms. The number of benzene rings is 2. The maximum atomic E-state index is 13.4. The number of pyridine rings is 2. The lowest BCUT2D eigenvalue weighted by molar-refractivity contribution is -0.171. The van der Waals surface area contributed by atoms with Gasteiger partial charge in [-0.2, -0.15) is 10.2 Å². The lowest BCUT2D eigenvalue weighted by Crippen LogP contribution is -2.45. The number of aromatic nitrogens is 6. The van der Waals surface area contributed by atoms with Crippen molar-refractivity contribution < 1.29 is 19.5 Å². The molecule has 5 heterocycles. The van der Waals surface area contributed by atoms with Crippen molar-refractivity contribution in [1.29, 1.82) is 0 Å². The molecule has 6 aromatic rings. The lowest BCUT2D eigenvalue weighted by atomic mass is 10.0. The van der Waals surface area contributed by atoms with Crippen molar-refractivity contribution in [2.75, 3.05) is 27.2 Å². The van der Waals surface area contributed by atoms with Crippen molar-refractivity contribution >= 4 is 58.1 Å². The lowest BCUT2D eigenvalue weighted by Gasteiger charge is -2.34. The van der Waals surface area contributed by atoms with Gasteiger partial charge in [0.15, 0.2) is 0 Å². The molecule has 0 radical (unpaired) electrons. The fourth-order valence-electron chi connectivity index (χ4n) is 6.02. The second-order valence-electron chi connectivity index (χ2n) is 11.7. The minimum atomic E-state index is -0.604. The van der Waals surface area contributed by atoms with Gasteiger partial charge in [0.2, 0.25) is 5.91 Å². The van der Waals surface area contributed by atoms with Crippen molar-refractivity contribution in [2.24, 2.45) is 0 Å². The summed E-state index contributed by atoms with van der Waals surface area (Å²) in [5.41, 5.74) is 3.39. The van der Waals surface area contributed by atoms with Crippen molar-refractivity contribution in [3.05, 3.63) is 118 Å². The van der Waals surface area contributed by atoms with Crippen molar-refractivity contribution in [3.63, 3.8) is 0 Å². The zero-order valence-corrected chi connectivity index (χ0v) is 28.6. The summed E-state index contributed by atoms with van der Waals surface area (Å²) in [5, 5.41) is 26.6. The van der Waals surface area contributed by atoms with E-state index in [1.807, 2.05) is 83.6 Å². The summed E-state index contributed by atoms with van der Waals surface area (Å²) >= 11 is 11.2. The number of piperidine rings is 1. The number of carbonyl (C=O) groups excluding carboxylic acids is 2. The number of nitrogens with one attached hydrogen (secondary N) is 2. The first-order valence-corrected chi connectivity index (χ1v) is 16.6. The average Bonchev–Trinajstić information content (AvgIpc) is 3.82. The van der Waals surface area contributed by atoms with Crippen molar-refractivity contribution in [3.8, 4) is 0 Å². The number of aliphatic hydroxyl groups is 1. The number of hydrogen-bond donors (Lipinski definition) is 3. The summed E-state index contributed by atoms with van der Waals surface area (Å²) in [4.78, 5) is 33.0. The number of hydrogen-bond acceptors (Lipinski definition) is 8.